The maximum Gasteiger partial charge on any atom is 0.182 e. The van der Waals surface area contributed by atoms with E-state index in [0.717, 1.165) is 0 Å². The third kappa shape index (κ3) is 1.48. The van der Waals surface area contributed by atoms with Gasteiger partial charge in [-0.2, -0.15) is 0 Å². The Kier molecular flexibility index (Phi) is 2.20. The molecule has 5 heteroatoms. The average Bonchev–Trinajstić information content (AvgIpc) is 2.12. The second-order valence-corrected chi connectivity index (χ2v) is 5.87. The molecule has 0 spiro atoms. The first-order valence-corrected chi connectivity index (χ1v) is 6.27. The van der Waals surface area contributed by atoms with Crippen LogP contribution in [-0.4, -0.2) is 27.8 Å². The predicted octanol–water partition coefficient (Wildman–Crippen LogP) is 1.56. The Balaban J connectivity index is 2.69. The second kappa shape index (κ2) is 3.14. The maximum absolute atomic E-state index is 11.7. The summed E-state index contributed by atoms with van der Waals surface area (Å²) in [4.78, 5) is 2.29. The minimum absolute atomic E-state index is 0.179. The summed E-state index contributed by atoms with van der Waals surface area (Å²) in [7, 11) is -1.23. The minimum Gasteiger partial charge on any atom is -0.372 e. The fourth-order valence-electron chi connectivity index (χ4n) is 1.54. The summed E-state index contributed by atoms with van der Waals surface area (Å²) in [6.07, 6.45) is 0. The molecule has 1 heterocycles. The molecule has 0 fully saturated rings. The van der Waals surface area contributed by atoms with E-state index in [1.54, 1.807) is 18.2 Å². The first kappa shape index (κ1) is 9.80. The van der Waals surface area contributed by atoms with Crippen LogP contribution in [-0.2, 0) is 9.84 Å². The number of fused-ring (bicyclic) bond motifs is 1. The summed E-state index contributed by atoms with van der Waals surface area (Å²) in [5.41, 5.74) is 0.698. The predicted molar refractivity (Wildman–Crippen MR) is 56.8 cm³/mol. The molecule has 0 atom stereocenters. The van der Waals surface area contributed by atoms with Gasteiger partial charge in [0.15, 0.2) is 9.84 Å². The summed E-state index contributed by atoms with van der Waals surface area (Å²) < 4.78 is 23.3. The molecule has 0 bridgehead atoms. The standard InChI is InChI=1S/C9H10ClNO2S/c1-11-4-5-14(12,13)9-3-2-7(10)6-8(9)11/h2-3,6H,4-5H2,1H3. The molecule has 0 amide bonds. The SMILES string of the molecule is CN1CCS(=O)(=O)c2ccc(Cl)cc21. The van der Waals surface area contributed by atoms with Crippen LogP contribution in [0, 0.1) is 0 Å². The first-order valence-electron chi connectivity index (χ1n) is 4.24. The molecule has 76 valence electrons. The molecule has 1 aliphatic heterocycles. The zero-order valence-electron chi connectivity index (χ0n) is 7.70. The van der Waals surface area contributed by atoms with Crippen molar-refractivity contribution < 1.29 is 8.42 Å². The second-order valence-electron chi connectivity index (χ2n) is 3.35. The minimum atomic E-state index is -3.09. The molecule has 1 aliphatic rings. The van der Waals surface area contributed by atoms with Crippen LogP contribution in [0.1, 0.15) is 0 Å². The van der Waals surface area contributed by atoms with Gasteiger partial charge in [-0.3, -0.25) is 0 Å². The topological polar surface area (TPSA) is 37.4 Å². The van der Waals surface area contributed by atoms with Gasteiger partial charge in [0.25, 0.3) is 0 Å². The zero-order chi connectivity index (χ0) is 10.3. The van der Waals surface area contributed by atoms with Crippen LogP contribution in [0.5, 0.6) is 0 Å². The fraction of sp³-hybridized carbons (Fsp3) is 0.333. The van der Waals surface area contributed by atoms with Crippen molar-refractivity contribution in [3.8, 4) is 0 Å². The van der Waals surface area contributed by atoms with Crippen molar-refractivity contribution >= 4 is 27.1 Å². The molecule has 0 aliphatic carbocycles. The van der Waals surface area contributed by atoms with Gasteiger partial charge >= 0.3 is 0 Å². The number of anilines is 1. The molecule has 2 rings (SSSR count). The van der Waals surface area contributed by atoms with Gasteiger partial charge < -0.3 is 4.90 Å². The van der Waals surface area contributed by atoms with Gasteiger partial charge in [-0.15, -0.1) is 0 Å². The molecule has 0 saturated carbocycles. The number of hydrogen-bond donors (Lipinski definition) is 0. The van der Waals surface area contributed by atoms with Crippen molar-refractivity contribution in [3.05, 3.63) is 23.2 Å². The Labute approximate surface area is 88.2 Å². The molecule has 14 heavy (non-hydrogen) atoms. The summed E-state index contributed by atoms with van der Waals surface area (Å²) in [6.45, 7) is 0.523. The molecule has 0 aromatic heterocycles. The number of halogens is 1. The Bertz CT molecular complexity index is 470. The van der Waals surface area contributed by atoms with E-state index in [0.29, 0.717) is 22.2 Å². The highest BCUT2D eigenvalue weighted by Gasteiger charge is 2.26. The van der Waals surface area contributed by atoms with E-state index in [-0.39, 0.29) is 5.75 Å². The van der Waals surface area contributed by atoms with E-state index < -0.39 is 9.84 Å². The maximum atomic E-state index is 11.7. The number of hydrogen-bond acceptors (Lipinski definition) is 3. The Hall–Kier alpha value is -0.740. The number of sulfone groups is 1. The van der Waals surface area contributed by atoms with Gasteiger partial charge in [0.2, 0.25) is 0 Å². The third-order valence-corrected chi connectivity index (χ3v) is 4.33. The summed E-state index contributed by atoms with van der Waals surface area (Å²) in [6, 6.07) is 4.87. The lowest BCUT2D eigenvalue weighted by Crippen LogP contribution is -2.31. The normalized spacial score (nSPS) is 19.1. The van der Waals surface area contributed by atoms with E-state index >= 15 is 0 Å². The number of rotatable bonds is 0. The Morgan fingerprint density at radius 3 is 2.86 bits per heavy atom. The lowest BCUT2D eigenvalue weighted by molar-refractivity contribution is 0.591. The van der Waals surface area contributed by atoms with Crippen LogP contribution in [0.4, 0.5) is 5.69 Å². The van der Waals surface area contributed by atoms with Gasteiger partial charge in [0.05, 0.1) is 16.3 Å². The highest BCUT2D eigenvalue weighted by molar-refractivity contribution is 7.91. The molecular weight excluding hydrogens is 222 g/mol. The van der Waals surface area contributed by atoms with E-state index in [9.17, 15) is 8.42 Å². The van der Waals surface area contributed by atoms with Crippen LogP contribution in [0.25, 0.3) is 0 Å². The highest BCUT2D eigenvalue weighted by atomic mass is 35.5. The molecule has 1 aromatic rings. The van der Waals surface area contributed by atoms with Crippen LogP contribution >= 0.6 is 11.6 Å². The summed E-state index contributed by atoms with van der Waals surface area (Å²) >= 11 is 5.81. The molecule has 0 N–H and O–H groups in total. The molecule has 0 radical (unpaired) electrons. The van der Waals surface area contributed by atoms with Crippen LogP contribution in [0.15, 0.2) is 23.1 Å². The van der Waals surface area contributed by atoms with Gasteiger partial charge in [-0.05, 0) is 18.2 Å². The zero-order valence-corrected chi connectivity index (χ0v) is 9.27. The van der Waals surface area contributed by atoms with E-state index in [2.05, 4.69) is 0 Å². The Morgan fingerprint density at radius 1 is 1.43 bits per heavy atom. The van der Waals surface area contributed by atoms with E-state index in [4.69, 9.17) is 11.6 Å². The smallest absolute Gasteiger partial charge is 0.182 e. The first-order chi connectivity index (χ1) is 6.50. The highest BCUT2D eigenvalue weighted by Crippen LogP contribution is 2.31. The summed E-state index contributed by atoms with van der Waals surface area (Å²) in [5.74, 6) is 0.179. The Morgan fingerprint density at radius 2 is 2.14 bits per heavy atom. The largest absolute Gasteiger partial charge is 0.372 e. The molecular formula is C9H10ClNO2S. The van der Waals surface area contributed by atoms with E-state index in [1.807, 2.05) is 11.9 Å². The van der Waals surface area contributed by atoms with Crippen molar-refractivity contribution in [2.24, 2.45) is 0 Å². The van der Waals surface area contributed by atoms with Gasteiger partial charge in [-0.25, -0.2) is 8.42 Å². The van der Waals surface area contributed by atoms with Crippen molar-refractivity contribution in [3.63, 3.8) is 0 Å². The monoisotopic (exact) mass is 231 g/mol. The van der Waals surface area contributed by atoms with Gasteiger partial charge in [0.1, 0.15) is 0 Å². The molecule has 0 unspecified atom stereocenters. The third-order valence-electron chi connectivity index (χ3n) is 2.36. The van der Waals surface area contributed by atoms with E-state index in [1.165, 1.54) is 0 Å². The fourth-order valence-corrected chi connectivity index (χ4v) is 3.25. The lowest BCUT2D eigenvalue weighted by Gasteiger charge is -2.27. The quantitative estimate of drug-likeness (QED) is 0.680. The van der Waals surface area contributed by atoms with Crippen molar-refractivity contribution in [1.82, 2.24) is 0 Å². The van der Waals surface area contributed by atoms with Crippen LogP contribution in [0.3, 0.4) is 0 Å². The molecule has 3 nitrogen and oxygen atoms in total. The van der Waals surface area contributed by atoms with Crippen molar-refractivity contribution in [1.29, 1.82) is 0 Å². The van der Waals surface area contributed by atoms with Crippen molar-refractivity contribution in [2.45, 2.75) is 4.90 Å². The number of nitrogens with zero attached hydrogens (tertiary/aromatic N) is 1. The van der Waals surface area contributed by atoms with Crippen LogP contribution < -0.4 is 4.90 Å². The average molecular weight is 232 g/mol. The van der Waals surface area contributed by atoms with Crippen molar-refractivity contribution in [2.75, 3.05) is 24.2 Å². The van der Waals surface area contributed by atoms with Gasteiger partial charge in [0, 0.05) is 18.6 Å². The lowest BCUT2D eigenvalue weighted by atomic mass is 10.3. The summed E-state index contributed by atoms with van der Waals surface area (Å²) in [5, 5.41) is 0.563. The molecule has 1 aromatic carbocycles. The van der Waals surface area contributed by atoms with Gasteiger partial charge in [-0.1, -0.05) is 11.6 Å². The number of benzene rings is 1. The van der Waals surface area contributed by atoms with Crippen LogP contribution in [0.2, 0.25) is 5.02 Å². The molecule has 0 saturated heterocycles.